The fourth-order valence-corrected chi connectivity index (χ4v) is 8.73. The first kappa shape index (κ1) is 27.7. The van der Waals surface area contributed by atoms with Crippen molar-refractivity contribution in [1.29, 1.82) is 0 Å². The molecule has 0 amide bonds. The minimum Gasteiger partial charge on any atom is -0.415 e. The highest BCUT2D eigenvalue weighted by Gasteiger charge is 2.35. The predicted octanol–water partition coefficient (Wildman–Crippen LogP) is 9.77. The Labute approximate surface area is 247 Å². The van der Waals surface area contributed by atoms with E-state index in [1.165, 1.54) is 70.5 Å². The van der Waals surface area contributed by atoms with Crippen molar-refractivity contribution in [3.05, 3.63) is 102 Å². The van der Waals surface area contributed by atoms with Gasteiger partial charge in [-0.05, 0) is 138 Å². The Morgan fingerprint density at radius 1 is 0.537 bits per heavy atom. The monoisotopic (exact) mass is 554 g/mol. The van der Waals surface area contributed by atoms with E-state index in [-0.39, 0.29) is 16.9 Å². The highest BCUT2D eigenvalue weighted by molar-refractivity contribution is 6.47. The fourth-order valence-electron chi connectivity index (χ4n) is 6.85. The SMILES string of the molecule is Cc1cccc(-c2ccc3cc4cc5cc6ccc([SiH2]OC(C(C)(C)C)C(C)(C)C)cc6cc5cc4cc3c2)c1C. The molecule has 6 aromatic carbocycles. The summed E-state index contributed by atoms with van der Waals surface area (Å²) in [5.41, 5.74) is 5.51. The average molecular weight is 555 g/mol. The number of hydrogen-bond acceptors (Lipinski definition) is 1. The molecule has 41 heavy (non-hydrogen) atoms. The summed E-state index contributed by atoms with van der Waals surface area (Å²) in [5, 5.41) is 11.7. The molecule has 6 aromatic rings. The van der Waals surface area contributed by atoms with Crippen molar-refractivity contribution in [3.8, 4) is 11.1 Å². The van der Waals surface area contributed by atoms with Gasteiger partial charge >= 0.3 is 0 Å². The van der Waals surface area contributed by atoms with Crippen LogP contribution in [0.3, 0.4) is 0 Å². The lowest BCUT2D eigenvalue weighted by Gasteiger charge is -2.40. The Hall–Kier alpha value is -3.46. The van der Waals surface area contributed by atoms with Crippen LogP contribution in [0.25, 0.3) is 54.2 Å². The molecule has 0 spiro atoms. The lowest BCUT2D eigenvalue weighted by molar-refractivity contribution is 0.00183. The van der Waals surface area contributed by atoms with Crippen LogP contribution in [0.4, 0.5) is 0 Å². The lowest BCUT2D eigenvalue weighted by atomic mass is 9.74. The molecule has 0 aliphatic rings. The molecule has 0 N–H and O–H groups in total. The molecular weight excluding hydrogens is 513 g/mol. The second-order valence-corrected chi connectivity index (χ2v) is 15.6. The first-order valence-corrected chi connectivity index (χ1v) is 16.2. The largest absolute Gasteiger partial charge is 0.415 e. The minimum atomic E-state index is -0.847. The molecule has 208 valence electrons. The summed E-state index contributed by atoms with van der Waals surface area (Å²) >= 11 is 0. The van der Waals surface area contributed by atoms with Crippen molar-refractivity contribution in [2.45, 2.75) is 61.5 Å². The van der Waals surface area contributed by atoms with Gasteiger partial charge in [0, 0.05) is 0 Å². The van der Waals surface area contributed by atoms with Crippen molar-refractivity contribution in [1.82, 2.24) is 0 Å². The van der Waals surface area contributed by atoms with Crippen LogP contribution in [-0.4, -0.2) is 15.9 Å². The Morgan fingerprint density at radius 3 is 1.59 bits per heavy atom. The zero-order valence-corrected chi connectivity index (χ0v) is 27.3. The van der Waals surface area contributed by atoms with E-state index in [1.54, 1.807) is 0 Å². The average Bonchev–Trinajstić information content (AvgIpc) is 2.89. The van der Waals surface area contributed by atoms with Crippen LogP contribution in [0.1, 0.15) is 52.7 Å². The van der Waals surface area contributed by atoms with Crippen LogP contribution in [-0.2, 0) is 4.43 Å². The van der Waals surface area contributed by atoms with Crippen LogP contribution >= 0.6 is 0 Å². The standard InChI is InChI=1S/C39H42OSi/c1-24-10-9-11-36(25(24)2)28-13-12-26-16-30-20-31-17-27-14-15-35(41-40-37(38(3,4)5)39(6,7)8)23-34(27)22-33(31)21-32(30)19-29(26)18-28/h9-23,37H,41H2,1-8H3. The number of aryl methyl sites for hydroxylation is 1. The number of fused-ring (bicyclic) bond motifs is 4. The third-order valence-electron chi connectivity index (χ3n) is 8.68. The van der Waals surface area contributed by atoms with Gasteiger partial charge in [-0.2, -0.15) is 0 Å². The summed E-state index contributed by atoms with van der Waals surface area (Å²) in [5.74, 6) is 0. The van der Waals surface area contributed by atoms with Gasteiger partial charge in [-0.1, -0.05) is 90.1 Å². The molecule has 0 heterocycles. The van der Waals surface area contributed by atoms with Crippen LogP contribution < -0.4 is 5.19 Å². The highest BCUT2D eigenvalue weighted by Crippen LogP contribution is 2.36. The van der Waals surface area contributed by atoms with Crippen molar-refractivity contribution < 1.29 is 4.43 Å². The summed E-state index contributed by atoms with van der Waals surface area (Å²) in [6.45, 7) is 18.2. The first-order valence-electron chi connectivity index (χ1n) is 14.9. The Bertz CT molecular complexity index is 1920. The second kappa shape index (κ2) is 10.1. The van der Waals surface area contributed by atoms with E-state index in [9.17, 15) is 0 Å². The molecule has 0 aliphatic heterocycles. The Morgan fingerprint density at radius 2 is 1.02 bits per heavy atom. The van der Waals surface area contributed by atoms with Crippen molar-refractivity contribution >= 4 is 58.0 Å². The maximum atomic E-state index is 6.69. The first-order chi connectivity index (χ1) is 19.4. The predicted molar refractivity (Wildman–Crippen MR) is 183 cm³/mol. The normalized spacial score (nSPS) is 13.1. The summed E-state index contributed by atoms with van der Waals surface area (Å²) in [6, 6.07) is 34.5. The van der Waals surface area contributed by atoms with Gasteiger partial charge in [0.05, 0.1) is 6.10 Å². The van der Waals surface area contributed by atoms with Gasteiger partial charge in [-0.15, -0.1) is 0 Å². The van der Waals surface area contributed by atoms with Gasteiger partial charge in [-0.25, -0.2) is 0 Å². The number of rotatable bonds is 4. The van der Waals surface area contributed by atoms with E-state index >= 15 is 0 Å². The molecule has 0 aromatic heterocycles. The van der Waals surface area contributed by atoms with E-state index in [4.69, 9.17) is 4.43 Å². The maximum Gasteiger partial charge on any atom is 0.192 e. The van der Waals surface area contributed by atoms with E-state index in [2.05, 4.69) is 146 Å². The number of hydrogen-bond donors (Lipinski definition) is 0. The molecule has 0 atom stereocenters. The maximum absolute atomic E-state index is 6.69. The molecule has 0 radical (unpaired) electrons. The second-order valence-electron chi connectivity index (χ2n) is 14.2. The van der Waals surface area contributed by atoms with Crippen LogP contribution in [0.2, 0.25) is 0 Å². The van der Waals surface area contributed by atoms with Gasteiger partial charge in [0.1, 0.15) is 0 Å². The molecule has 0 saturated carbocycles. The third kappa shape index (κ3) is 5.44. The van der Waals surface area contributed by atoms with E-state index in [1.807, 2.05) is 0 Å². The molecule has 0 fully saturated rings. The third-order valence-corrected chi connectivity index (χ3v) is 9.95. The van der Waals surface area contributed by atoms with Gasteiger partial charge in [-0.3, -0.25) is 0 Å². The van der Waals surface area contributed by atoms with Gasteiger partial charge < -0.3 is 4.43 Å². The van der Waals surface area contributed by atoms with Gasteiger partial charge in [0.15, 0.2) is 9.76 Å². The van der Waals surface area contributed by atoms with Gasteiger partial charge in [0.2, 0.25) is 0 Å². The fraction of sp³-hybridized carbons (Fsp3) is 0.282. The summed E-state index contributed by atoms with van der Waals surface area (Å²) in [6.07, 6.45) is 0.227. The van der Waals surface area contributed by atoms with Crippen molar-refractivity contribution in [3.63, 3.8) is 0 Å². The molecule has 2 heteroatoms. The Balaban J connectivity index is 1.38. The molecular formula is C39H42OSi. The Kier molecular flexibility index (Phi) is 6.83. The van der Waals surface area contributed by atoms with Gasteiger partial charge in [0.25, 0.3) is 0 Å². The topological polar surface area (TPSA) is 9.23 Å². The number of benzene rings is 6. The molecule has 0 saturated heterocycles. The zero-order chi connectivity index (χ0) is 29.1. The summed E-state index contributed by atoms with van der Waals surface area (Å²) in [7, 11) is -0.847. The van der Waals surface area contributed by atoms with E-state index < -0.39 is 9.76 Å². The van der Waals surface area contributed by atoms with Crippen LogP contribution in [0.5, 0.6) is 0 Å². The van der Waals surface area contributed by atoms with E-state index in [0.717, 1.165) is 0 Å². The molecule has 1 nitrogen and oxygen atoms in total. The van der Waals surface area contributed by atoms with Crippen LogP contribution in [0.15, 0.2) is 91.0 Å². The van der Waals surface area contributed by atoms with Crippen molar-refractivity contribution in [2.24, 2.45) is 10.8 Å². The molecule has 0 unspecified atom stereocenters. The molecule has 6 rings (SSSR count). The zero-order valence-electron chi connectivity index (χ0n) is 25.9. The quantitative estimate of drug-likeness (QED) is 0.156. The van der Waals surface area contributed by atoms with E-state index in [0.29, 0.717) is 0 Å². The summed E-state index contributed by atoms with van der Waals surface area (Å²) < 4.78 is 6.69. The highest BCUT2D eigenvalue weighted by atomic mass is 28.2. The van der Waals surface area contributed by atoms with Crippen molar-refractivity contribution in [2.75, 3.05) is 0 Å². The smallest absolute Gasteiger partial charge is 0.192 e. The summed E-state index contributed by atoms with van der Waals surface area (Å²) in [4.78, 5) is 0. The minimum absolute atomic E-state index is 0.114. The van der Waals surface area contributed by atoms with Crippen LogP contribution in [0, 0.1) is 24.7 Å². The lowest BCUT2D eigenvalue weighted by Crippen LogP contribution is -2.43. The molecule has 0 aliphatic carbocycles. The molecule has 0 bridgehead atoms.